The molecule has 1 atom stereocenters. The highest BCUT2D eigenvalue weighted by molar-refractivity contribution is 6.21. The van der Waals surface area contributed by atoms with Crippen LogP contribution in [0, 0.1) is 5.82 Å². The lowest BCUT2D eigenvalue weighted by atomic mass is 10.1. The Morgan fingerprint density at radius 1 is 1.04 bits per heavy atom. The van der Waals surface area contributed by atoms with Crippen molar-refractivity contribution in [2.24, 2.45) is 0 Å². The molecule has 2 amide bonds. The van der Waals surface area contributed by atoms with Gasteiger partial charge in [0.2, 0.25) is 0 Å². The molecule has 0 radical (unpaired) electrons. The van der Waals surface area contributed by atoms with Crippen molar-refractivity contribution in [2.45, 2.75) is 18.9 Å². The zero-order valence-electron chi connectivity index (χ0n) is 14.6. The number of amides is 2. The minimum atomic E-state index is -4.72. The molecule has 0 spiro atoms. The minimum absolute atomic E-state index is 0.0138. The third-order valence-electron chi connectivity index (χ3n) is 4.23. The van der Waals surface area contributed by atoms with Crippen molar-refractivity contribution in [1.82, 2.24) is 4.90 Å². The maximum absolute atomic E-state index is 13.2. The van der Waals surface area contributed by atoms with Crippen molar-refractivity contribution < 1.29 is 36.6 Å². The Labute approximate surface area is 157 Å². The lowest BCUT2D eigenvalue weighted by molar-refractivity contribution is -0.213. The summed E-state index contributed by atoms with van der Waals surface area (Å²) in [5.41, 5.74) is 0.483. The summed E-state index contributed by atoms with van der Waals surface area (Å²) in [7, 11) is 0.856. The summed E-state index contributed by atoms with van der Waals surface area (Å²) in [6.45, 7) is -0.923. The Bertz CT molecular complexity index is 913. The number of benzene rings is 2. The first-order valence-electron chi connectivity index (χ1n) is 8.17. The Morgan fingerprint density at radius 3 is 2.39 bits per heavy atom. The van der Waals surface area contributed by atoms with Gasteiger partial charge in [-0.05, 0) is 35.9 Å². The maximum atomic E-state index is 13.2. The highest BCUT2D eigenvalue weighted by atomic mass is 19.4. The van der Waals surface area contributed by atoms with Gasteiger partial charge in [0.15, 0.2) is 6.10 Å². The molecule has 1 aliphatic heterocycles. The van der Waals surface area contributed by atoms with Gasteiger partial charge in [-0.25, -0.2) is 4.39 Å². The quantitative estimate of drug-likeness (QED) is 0.552. The van der Waals surface area contributed by atoms with Gasteiger partial charge in [-0.15, -0.1) is 0 Å². The molecule has 2 aromatic rings. The molecule has 9 heteroatoms. The largest absolute Gasteiger partial charge is 0.489 e. The standard InChI is InChI=1S/C19H15F4NO4/c1-27-16(19(21,22)23)9-24-17(25)14-6-5-13(8-15(14)18(24)26)28-10-11-3-2-4-12(20)7-11/h2-8,16H,9-10H2,1H3. The molecular weight excluding hydrogens is 382 g/mol. The van der Waals surface area contributed by atoms with Crippen LogP contribution in [-0.2, 0) is 11.3 Å². The van der Waals surface area contributed by atoms with Crippen molar-refractivity contribution in [2.75, 3.05) is 13.7 Å². The summed E-state index contributed by atoms with van der Waals surface area (Å²) in [4.78, 5) is 25.2. The van der Waals surface area contributed by atoms with E-state index in [0.29, 0.717) is 10.5 Å². The van der Waals surface area contributed by atoms with Crippen LogP contribution in [0.3, 0.4) is 0 Å². The molecule has 3 rings (SSSR count). The summed E-state index contributed by atoms with van der Waals surface area (Å²) in [6, 6.07) is 9.75. The number of nitrogens with zero attached hydrogens (tertiary/aromatic N) is 1. The number of alkyl halides is 3. The van der Waals surface area contributed by atoms with Crippen LogP contribution >= 0.6 is 0 Å². The third-order valence-corrected chi connectivity index (χ3v) is 4.23. The van der Waals surface area contributed by atoms with Crippen molar-refractivity contribution in [1.29, 1.82) is 0 Å². The van der Waals surface area contributed by atoms with Gasteiger partial charge in [-0.2, -0.15) is 13.2 Å². The summed E-state index contributed by atoms with van der Waals surface area (Å²) in [6.07, 6.45) is -7.00. The number of hydrogen-bond donors (Lipinski definition) is 0. The summed E-state index contributed by atoms with van der Waals surface area (Å²) >= 11 is 0. The number of methoxy groups -OCH3 is 1. The Balaban J connectivity index is 1.76. The first kappa shape index (κ1) is 19.8. The Morgan fingerprint density at radius 2 is 1.75 bits per heavy atom. The fourth-order valence-corrected chi connectivity index (χ4v) is 2.80. The fraction of sp³-hybridized carbons (Fsp3) is 0.263. The molecule has 5 nitrogen and oxygen atoms in total. The van der Waals surface area contributed by atoms with Crippen LogP contribution in [0.2, 0.25) is 0 Å². The van der Waals surface area contributed by atoms with E-state index in [2.05, 4.69) is 4.74 Å². The number of carbonyl (C=O) groups is 2. The van der Waals surface area contributed by atoms with Crippen LogP contribution < -0.4 is 4.74 Å². The first-order chi connectivity index (χ1) is 13.2. The average molecular weight is 397 g/mol. The Kier molecular flexibility index (Phi) is 5.37. The van der Waals surface area contributed by atoms with Crippen LogP contribution in [0.25, 0.3) is 0 Å². The van der Waals surface area contributed by atoms with Crippen molar-refractivity contribution >= 4 is 11.8 Å². The molecule has 0 bridgehead atoms. The van der Waals surface area contributed by atoms with E-state index in [1.165, 1.54) is 36.4 Å². The second-order valence-corrected chi connectivity index (χ2v) is 6.11. The molecule has 28 heavy (non-hydrogen) atoms. The SMILES string of the molecule is COC(CN1C(=O)c2ccc(OCc3cccc(F)c3)cc2C1=O)C(F)(F)F. The van der Waals surface area contributed by atoms with Gasteiger partial charge in [-0.1, -0.05) is 12.1 Å². The fourth-order valence-electron chi connectivity index (χ4n) is 2.80. The van der Waals surface area contributed by atoms with Crippen LogP contribution in [-0.4, -0.2) is 42.6 Å². The highest BCUT2D eigenvalue weighted by Crippen LogP contribution is 2.30. The second-order valence-electron chi connectivity index (χ2n) is 6.11. The highest BCUT2D eigenvalue weighted by Gasteiger charge is 2.45. The predicted molar refractivity (Wildman–Crippen MR) is 89.4 cm³/mol. The monoisotopic (exact) mass is 397 g/mol. The number of hydrogen-bond acceptors (Lipinski definition) is 4. The molecule has 1 unspecified atom stereocenters. The average Bonchev–Trinajstić information content (AvgIpc) is 2.87. The van der Waals surface area contributed by atoms with E-state index in [9.17, 15) is 27.2 Å². The zero-order chi connectivity index (χ0) is 20.5. The molecule has 0 fully saturated rings. The molecule has 148 valence electrons. The van der Waals surface area contributed by atoms with Gasteiger partial charge >= 0.3 is 6.18 Å². The number of ether oxygens (including phenoxy) is 2. The summed E-state index contributed by atoms with van der Waals surface area (Å²) < 4.78 is 61.7. The molecule has 0 N–H and O–H groups in total. The van der Waals surface area contributed by atoms with Gasteiger partial charge in [0.1, 0.15) is 18.2 Å². The smallest absolute Gasteiger partial charge is 0.416 e. The van der Waals surface area contributed by atoms with E-state index < -0.39 is 36.5 Å². The molecule has 0 aliphatic carbocycles. The van der Waals surface area contributed by atoms with E-state index in [1.807, 2.05) is 0 Å². The Hall–Kier alpha value is -2.94. The zero-order valence-corrected chi connectivity index (χ0v) is 14.6. The number of fused-ring (bicyclic) bond motifs is 1. The number of imide groups is 1. The predicted octanol–water partition coefficient (Wildman–Crippen LogP) is 3.58. The van der Waals surface area contributed by atoms with E-state index in [-0.39, 0.29) is 23.5 Å². The van der Waals surface area contributed by atoms with Crippen molar-refractivity contribution in [3.05, 3.63) is 65.0 Å². The summed E-state index contributed by atoms with van der Waals surface area (Å²) in [5, 5.41) is 0. The van der Waals surface area contributed by atoms with Crippen LogP contribution in [0.15, 0.2) is 42.5 Å². The van der Waals surface area contributed by atoms with Crippen LogP contribution in [0.5, 0.6) is 5.75 Å². The molecule has 2 aromatic carbocycles. The maximum Gasteiger partial charge on any atom is 0.416 e. The molecule has 1 aliphatic rings. The molecule has 0 saturated carbocycles. The molecular formula is C19H15F4NO4. The van der Waals surface area contributed by atoms with Gasteiger partial charge < -0.3 is 9.47 Å². The number of carbonyl (C=O) groups excluding carboxylic acids is 2. The van der Waals surface area contributed by atoms with Gasteiger partial charge in [0.25, 0.3) is 11.8 Å². The summed E-state index contributed by atoms with van der Waals surface area (Å²) in [5.74, 6) is -1.89. The topological polar surface area (TPSA) is 55.8 Å². The van der Waals surface area contributed by atoms with Gasteiger partial charge in [-0.3, -0.25) is 14.5 Å². The van der Waals surface area contributed by atoms with E-state index in [1.54, 1.807) is 6.07 Å². The molecule has 1 heterocycles. The van der Waals surface area contributed by atoms with E-state index in [4.69, 9.17) is 4.74 Å². The van der Waals surface area contributed by atoms with Gasteiger partial charge in [0, 0.05) is 7.11 Å². The van der Waals surface area contributed by atoms with Crippen molar-refractivity contribution in [3.8, 4) is 5.75 Å². The lowest BCUT2D eigenvalue weighted by Crippen LogP contribution is -2.44. The van der Waals surface area contributed by atoms with Gasteiger partial charge in [0.05, 0.1) is 17.7 Å². The molecule has 0 saturated heterocycles. The van der Waals surface area contributed by atoms with Crippen molar-refractivity contribution in [3.63, 3.8) is 0 Å². The number of rotatable bonds is 6. The van der Waals surface area contributed by atoms with Crippen LogP contribution in [0.1, 0.15) is 26.3 Å². The van der Waals surface area contributed by atoms with E-state index >= 15 is 0 Å². The normalized spacial score (nSPS) is 15.0. The third kappa shape index (κ3) is 3.99. The van der Waals surface area contributed by atoms with E-state index in [0.717, 1.165) is 7.11 Å². The van der Waals surface area contributed by atoms with Crippen LogP contribution in [0.4, 0.5) is 17.6 Å². The second kappa shape index (κ2) is 7.59. The minimum Gasteiger partial charge on any atom is -0.489 e. The first-order valence-corrected chi connectivity index (χ1v) is 8.17. The lowest BCUT2D eigenvalue weighted by Gasteiger charge is -2.23. The molecule has 0 aromatic heterocycles. The number of halogens is 4.